The van der Waals surface area contributed by atoms with E-state index < -0.39 is 17.5 Å². The third kappa shape index (κ3) is 4.62. The molecular formula is C20H30N2O4. The number of aliphatic carboxylic acids is 1. The molecule has 0 radical (unpaired) electrons. The Morgan fingerprint density at radius 1 is 1.31 bits per heavy atom. The molecule has 1 amide bonds. The standard InChI is InChI=1S/C20H30N2O4/c1-4-9-20(19(25)26)10-11-22(13-17(20)23)18(24)14-21(3)12-16-7-5-15(2)6-8-16/h5-8,17,23H,4,9-14H2,1-3H3,(H,25,26)/t17-,20+/m1/s1. The number of carbonyl (C=O) groups is 2. The number of likely N-dealkylation sites (N-methyl/N-ethyl adjacent to an activating group) is 1. The molecule has 6 nitrogen and oxygen atoms in total. The van der Waals surface area contributed by atoms with Crippen molar-refractivity contribution in [1.82, 2.24) is 9.80 Å². The van der Waals surface area contributed by atoms with Gasteiger partial charge in [0.05, 0.1) is 18.1 Å². The van der Waals surface area contributed by atoms with Gasteiger partial charge in [-0.1, -0.05) is 43.2 Å². The van der Waals surface area contributed by atoms with Crippen molar-refractivity contribution in [3.63, 3.8) is 0 Å². The summed E-state index contributed by atoms with van der Waals surface area (Å²) in [5.41, 5.74) is 1.21. The van der Waals surface area contributed by atoms with Crippen molar-refractivity contribution in [3.8, 4) is 0 Å². The van der Waals surface area contributed by atoms with E-state index in [0.29, 0.717) is 32.4 Å². The predicted octanol–water partition coefficient (Wildman–Crippen LogP) is 1.89. The molecule has 1 saturated heterocycles. The first-order chi connectivity index (χ1) is 12.3. The van der Waals surface area contributed by atoms with E-state index in [1.165, 1.54) is 5.56 Å². The van der Waals surface area contributed by atoms with Gasteiger partial charge in [0.2, 0.25) is 5.91 Å². The summed E-state index contributed by atoms with van der Waals surface area (Å²) in [5.74, 6) is -1.04. The topological polar surface area (TPSA) is 81.1 Å². The Hall–Kier alpha value is -1.92. The first kappa shape index (κ1) is 20.4. The smallest absolute Gasteiger partial charge is 0.312 e. The summed E-state index contributed by atoms with van der Waals surface area (Å²) in [6, 6.07) is 8.19. The van der Waals surface area contributed by atoms with Crippen LogP contribution in [0.3, 0.4) is 0 Å². The van der Waals surface area contributed by atoms with Crippen LogP contribution in [0.15, 0.2) is 24.3 Å². The number of aliphatic hydroxyl groups is 1. The molecule has 0 aliphatic carbocycles. The van der Waals surface area contributed by atoms with Gasteiger partial charge in [-0.05, 0) is 32.4 Å². The molecule has 1 aromatic rings. The second kappa shape index (κ2) is 8.64. The van der Waals surface area contributed by atoms with Crippen molar-refractivity contribution in [1.29, 1.82) is 0 Å². The monoisotopic (exact) mass is 362 g/mol. The maximum absolute atomic E-state index is 12.6. The lowest BCUT2D eigenvalue weighted by molar-refractivity contribution is -0.167. The molecular weight excluding hydrogens is 332 g/mol. The van der Waals surface area contributed by atoms with Gasteiger partial charge < -0.3 is 15.1 Å². The minimum atomic E-state index is -1.13. The quantitative estimate of drug-likeness (QED) is 0.774. The van der Waals surface area contributed by atoms with E-state index in [1.54, 1.807) is 4.90 Å². The van der Waals surface area contributed by atoms with Gasteiger partial charge >= 0.3 is 5.97 Å². The number of aryl methyl sites for hydroxylation is 1. The number of hydrogen-bond acceptors (Lipinski definition) is 4. The Bertz CT molecular complexity index is 631. The third-order valence-electron chi connectivity index (χ3n) is 5.31. The normalized spacial score (nSPS) is 23.3. The van der Waals surface area contributed by atoms with Crippen LogP contribution < -0.4 is 0 Å². The van der Waals surface area contributed by atoms with Crippen LogP contribution in [0.1, 0.15) is 37.3 Å². The third-order valence-corrected chi connectivity index (χ3v) is 5.31. The fraction of sp³-hybridized carbons (Fsp3) is 0.600. The average molecular weight is 362 g/mol. The zero-order valence-electron chi connectivity index (χ0n) is 15.9. The number of carboxylic acid groups (broad SMARTS) is 1. The Morgan fingerprint density at radius 2 is 1.96 bits per heavy atom. The Labute approximate surface area is 155 Å². The minimum Gasteiger partial charge on any atom is -0.481 e. The molecule has 0 spiro atoms. The fourth-order valence-electron chi connectivity index (χ4n) is 3.69. The molecule has 0 saturated carbocycles. The van der Waals surface area contributed by atoms with Gasteiger partial charge in [-0.2, -0.15) is 0 Å². The van der Waals surface area contributed by atoms with Gasteiger partial charge in [-0.3, -0.25) is 14.5 Å². The van der Waals surface area contributed by atoms with Crippen LogP contribution in [0, 0.1) is 12.3 Å². The first-order valence-corrected chi connectivity index (χ1v) is 9.22. The highest BCUT2D eigenvalue weighted by molar-refractivity contribution is 5.80. The lowest BCUT2D eigenvalue weighted by atomic mass is 9.73. The SMILES string of the molecule is CCC[C@]1(C(=O)O)CCN(C(=O)CN(C)Cc2ccc(C)cc2)C[C@H]1O. The van der Waals surface area contributed by atoms with Crippen LogP contribution in [0.2, 0.25) is 0 Å². The molecule has 1 aromatic carbocycles. The fourth-order valence-corrected chi connectivity index (χ4v) is 3.69. The molecule has 2 rings (SSSR count). The van der Waals surface area contributed by atoms with Crippen molar-refractivity contribution in [2.75, 3.05) is 26.7 Å². The molecule has 2 atom stereocenters. The Kier molecular flexibility index (Phi) is 6.78. The number of aliphatic hydroxyl groups excluding tert-OH is 1. The van der Waals surface area contributed by atoms with E-state index in [9.17, 15) is 19.8 Å². The summed E-state index contributed by atoms with van der Waals surface area (Å²) in [5, 5.41) is 20.0. The molecule has 1 aliphatic heterocycles. The van der Waals surface area contributed by atoms with Gasteiger partial charge in [-0.25, -0.2) is 0 Å². The largest absolute Gasteiger partial charge is 0.481 e. The number of likely N-dealkylation sites (tertiary alicyclic amines) is 1. The molecule has 26 heavy (non-hydrogen) atoms. The molecule has 0 unspecified atom stereocenters. The highest BCUT2D eigenvalue weighted by Crippen LogP contribution is 2.36. The van der Waals surface area contributed by atoms with Crippen LogP contribution in [0.25, 0.3) is 0 Å². The number of carbonyl (C=O) groups excluding carboxylic acids is 1. The van der Waals surface area contributed by atoms with Crippen molar-refractivity contribution >= 4 is 11.9 Å². The highest BCUT2D eigenvalue weighted by Gasteiger charge is 2.48. The molecule has 2 N–H and O–H groups in total. The summed E-state index contributed by atoms with van der Waals surface area (Å²) in [6.45, 7) is 5.32. The van der Waals surface area contributed by atoms with Crippen LogP contribution in [0.5, 0.6) is 0 Å². The van der Waals surface area contributed by atoms with Crippen LogP contribution >= 0.6 is 0 Å². The van der Waals surface area contributed by atoms with E-state index >= 15 is 0 Å². The number of carboxylic acids is 1. The summed E-state index contributed by atoms with van der Waals surface area (Å²) in [4.78, 5) is 27.8. The Balaban J connectivity index is 1.92. The number of piperidine rings is 1. The number of hydrogen-bond donors (Lipinski definition) is 2. The predicted molar refractivity (Wildman–Crippen MR) is 99.7 cm³/mol. The molecule has 6 heteroatoms. The molecule has 1 aliphatic rings. The van der Waals surface area contributed by atoms with Crippen molar-refractivity contribution in [2.45, 2.75) is 45.8 Å². The van der Waals surface area contributed by atoms with Crippen molar-refractivity contribution < 1.29 is 19.8 Å². The maximum Gasteiger partial charge on any atom is 0.312 e. The van der Waals surface area contributed by atoms with E-state index in [0.717, 1.165) is 5.56 Å². The zero-order chi connectivity index (χ0) is 19.3. The van der Waals surface area contributed by atoms with Crippen molar-refractivity contribution in [2.24, 2.45) is 5.41 Å². The van der Waals surface area contributed by atoms with Gasteiger partial charge in [0, 0.05) is 19.6 Å². The van der Waals surface area contributed by atoms with Crippen LogP contribution in [-0.2, 0) is 16.1 Å². The zero-order valence-corrected chi connectivity index (χ0v) is 15.9. The van der Waals surface area contributed by atoms with E-state index in [2.05, 4.69) is 0 Å². The summed E-state index contributed by atoms with van der Waals surface area (Å²) < 4.78 is 0. The molecule has 1 fully saturated rings. The number of rotatable bonds is 7. The molecule has 1 heterocycles. The number of nitrogens with zero attached hydrogens (tertiary/aromatic N) is 2. The number of amides is 1. The van der Waals surface area contributed by atoms with E-state index in [-0.39, 0.29) is 19.0 Å². The Morgan fingerprint density at radius 3 is 2.50 bits per heavy atom. The first-order valence-electron chi connectivity index (χ1n) is 9.22. The van der Waals surface area contributed by atoms with Crippen molar-refractivity contribution in [3.05, 3.63) is 35.4 Å². The van der Waals surface area contributed by atoms with Crippen LogP contribution in [-0.4, -0.2) is 64.7 Å². The summed E-state index contributed by atoms with van der Waals surface area (Å²) in [7, 11) is 1.89. The highest BCUT2D eigenvalue weighted by atomic mass is 16.4. The van der Waals surface area contributed by atoms with E-state index in [4.69, 9.17) is 0 Å². The summed E-state index contributed by atoms with van der Waals surface area (Å²) >= 11 is 0. The molecule has 0 aromatic heterocycles. The maximum atomic E-state index is 12.6. The average Bonchev–Trinajstić information content (AvgIpc) is 2.58. The van der Waals surface area contributed by atoms with Gasteiger partial charge in [0.15, 0.2) is 0 Å². The summed E-state index contributed by atoms with van der Waals surface area (Å²) in [6.07, 6.45) is 0.389. The minimum absolute atomic E-state index is 0.0749. The lowest BCUT2D eigenvalue weighted by Crippen LogP contribution is -2.57. The number of β-amino-alcohol motifs (C(OH)–C–C–N with tert-alkyl or cyclic N) is 1. The molecule has 144 valence electrons. The van der Waals surface area contributed by atoms with Gasteiger partial charge in [-0.15, -0.1) is 0 Å². The van der Waals surface area contributed by atoms with Crippen LogP contribution in [0.4, 0.5) is 0 Å². The van der Waals surface area contributed by atoms with E-state index in [1.807, 2.05) is 50.1 Å². The second-order valence-corrected chi connectivity index (χ2v) is 7.47. The second-order valence-electron chi connectivity index (χ2n) is 7.47. The lowest BCUT2D eigenvalue weighted by Gasteiger charge is -2.43. The van der Waals surface area contributed by atoms with Gasteiger partial charge in [0.1, 0.15) is 0 Å². The number of benzene rings is 1. The van der Waals surface area contributed by atoms with Gasteiger partial charge in [0.25, 0.3) is 0 Å². The molecule has 0 bridgehead atoms.